The molecular formula is C19H26N8O2S. The van der Waals surface area contributed by atoms with E-state index < -0.39 is 10.0 Å². The molecule has 3 N–H and O–H groups in total. The zero-order chi connectivity index (χ0) is 21.1. The average molecular weight is 431 g/mol. The van der Waals surface area contributed by atoms with E-state index in [4.69, 9.17) is 0 Å². The summed E-state index contributed by atoms with van der Waals surface area (Å²) < 4.78 is 24.9. The average Bonchev–Trinajstić information content (AvgIpc) is 3.16. The summed E-state index contributed by atoms with van der Waals surface area (Å²) in [6.45, 7) is 3.08. The van der Waals surface area contributed by atoms with Gasteiger partial charge >= 0.3 is 0 Å². The fourth-order valence-corrected chi connectivity index (χ4v) is 4.41. The number of sulfonamides is 1. The molecule has 2 aromatic heterocycles. The van der Waals surface area contributed by atoms with Crippen LogP contribution in [0, 0.1) is 0 Å². The van der Waals surface area contributed by atoms with Gasteiger partial charge in [0.1, 0.15) is 5.82 Å². The fraction of sp³-hybridized carbons (Fsp3) is 0.474. The third-order valence-corrected chi connectivity index (χ3v) is 6.41. The van der Waals surface area contributed by atoms with Crippen LogP contribution in [0.4, 0.5) is 17.6 Å². The Morgan fingerprint density at radius 3 is 2.67 bits per heavy atom. The summed E-state index contributed by atoms with van der Waals surface area (Å²) in [6.07, 6.45) is 6.12. The van der Waals surface area contributed by atoms with Gasteiger partial charge in [-0.3, -0.25) is 5.10 Å². The molecule has 0 saturated carbocycles. The molecule has 0 radical (unpaired) electrons. The highest BCUT2D eigenvalue weighted by molar-refractivity contribution is 7.88. The van der Waals surface area contributed by atoms with Crippen LogP contribution in [0.5, 0.6) is 0 Å². The summed E-state index contributed by atoms with van der Waals surface area (Å²) in [4.78, 5) is 13.6. The first-order valence-electron chi connectivity index (χ1n) is 10.1. The highest BCUT2D eigenvalue weighted by atomic mass is 32.2. The molecule has 0 atom stereocenters. The smallest absolute Gasteiger partial charge is 0.232 e. The molecule has 0 amide bonds. The van der Waals surface area contributed by atoms with Crippen LogP contribution in [0.1, 0.15) is 32.0 Å². The fourth-order valence-electron chi connectivity index (χ4n) is 3.53. The van der Waals surface area contributed by atoms with E-state index in [1.54, 1.807) is 6.20 Å². The number of nitrogens with zero attached hydrogens (tertiary/aromatic N) is 5. The van der Waals surface area contributed by atoms with Gasteiger partial charge in [0.2, 0.25) is 21.9 Å². The van der Waals surface area contributed by atoms with Gasteiger partial charge in [0, 0.05) is 36.6 Å². The van der Waals surface area contributed by atoms with Gasteiger partial charge in [0.15, 0.2) is 0 Å². The lowest BCUT2D eigenvalue weighted by Gasteiger charge is -2.30. The molecular weight excluding hydrogens is 404 g/mol. The quantitative estimate of drug-likeness (QED) is 0.521. The van der Waals surface area contributed by atoms with Crippen molar-refractivity contribution >= 4 is 38.5 Å². The summed E-state index contributed by atoms with van der Waals surface area (Å²) >= 11 is 0. The number of piperidine rings is 1. The van der Waals surface area contributed by atoms with E-state index >= 15 is 0 Å². The van der Waals surface area contributed by atoms with Crippen LogP contribution in [-0.2, 0) is 16.4 Å². The molecule has 1 fully saturated rings. The summed E-state index contributed by atoms with van der Waals surface area (Å²) in [5.74, 6) is 1.70. The SMILES string of the molecule is CCCc1nc(Nc2ccc3cn[nH]c3c2)nc(NC2CCN(S(C)(=O)=O)CC2)n1. The van der Waals surface area contributed by atoms with Crippen LogP contribution < -0.4 is 10.6 Å². The molecule has 10 nitrogen and oxygen atoms in total. The summed E-state index contributed by atoms with van der Waals surface area (Å²) in [5, 5.41) is 14.6. The predicted molar refractivity (Wildman–Crippen MR) is 116 cm³/mol. The van der Waals surface area contributed by atoms with Crippen molar-refractivity contribution in [2.45, 2.75) is 38.6 Å². The number of anilines is 3. The molecule has 30 heavy (non-hydrogen) atoms. The van der Waals surface area contributed by atoms with Crippen LogP contribution in [0.3, 0.4) is 0 Å². The van der Waals surface area contributed by atoms with Crippen molar-refractivity contribution in [3.8, 4) is 0 Å². The largest absolute Gasteiger partial charge is 0.351 e. The van der Waals surface area contributed by atoms with Crippen molar-refractivity contribution in [3.05, 3.63) is 30.2 Å². The van der Waals surface area contributed by atoms with Crippen molar-refractivity contribution in [1.82, 2.24) is 29.5 Å². The molecule has 1 aliphatic rings. The first kappa shape index (κ1) is 20.5. The van der Waals surface area contributed by atoms with Gasteiger partial charge in [-0.2, -0.15) is 20.1 Å². The molecule has 11 heteroatoms. The molecule has 0 spiro atoms. The maximum Gasteiger partial charge on any atom is 0.232 e. The van der Waals surface area contributed by atoms with Crippen LogP contribution >= 0.6 is 0 Å². The Morgan fingerprint density at radius 1 is 1.17 bits per heavy atom. The van der Waals surface area contributed by atoms with E-state index in [9.17, 15) is 8.42 Å². The second kappa shape index (κ2) is 8.52. The van der Waals surface area contributed by atoms with E-state index in [1.807, 2.05) is 18.2 Å². The van der Waals surface area contributed by atoms with Gasteiger partial charge in [-0.25, -0.2) is 12.7 Å². The second-order valence-electron chi connectivity index (χ2n) is 7.53. The topological polar surface area (TPSA) is 129 Å². The minimum Gasteiger partial charge on any atom is -0.351 e. The lowest BCUT2D eigenvalue weighted by Crippen LogP contribution is -2.42. The van der Waals surface area contributed by atoms with E-state index in [2.05, 4.69) is 42.7 Å². The highest BCUT2D eigenvalue weighted by Crippen LogP contribution is 2.21. The number of benzene rings is 1. The van der Waals surface area contributed by atoms with Crippen LogP contribution in [0.25, 0.3) is 10.9 Å². The van der Waals surface area contributed by atoms with Gasteiger partial charge in [0.25, 0.3) is 0 Å². The maximum atomic E-state index is 11.7. The second-order valence-corrected chi connectivity index (χ2v) is 9.51. The number of rotatable bonds is 7. The lowest BCUT2D eigenvalue weighted by atomic mass is 10.1. The number of H-pyrrole nitrogens is 1. The monoisotopic (exact) mass is 430 g/mol. The molecule has 160 valence electrons. The van der Waals surface area contributed by atoms with Crippen LogP contribution in [-0.4, -0.2) is 63.3 Å². The Balaban J connectivity index is 1.49. The zero-order valence-corrected chi connectivity index (χ0v) is 17.9. The standard InChI is InChI=1S/C19H26N8O2S/c1-3-4-17-23-18(21-14-7-9-27(10-8-14)30(2,28)29)25-19(24-17)22-15-6-5-13-12-20-26-16(13)11-15/h5-6,11-12,14H,3-4,7-10H2,1-2H3,(H,20,26)(H2,21,22,23,24,25). The number of aromatic amines is 1. The van der Waals surface area contributed by atoms with E-state index in [-0.39, 0.29) is 6.04 Å². The Kier molecular flexibility index (Phi) is 5.82. The van der Waals surface area contributed by atoms with Crippen LogP contribution in [0.2, 0.25) is 0 Å². The number of aromatic nitrogens is 5. The number of nitrogens with one attached hydrogen (secondary N) is 3. The van der Waals surface area contributed by atoms with Gasteiger partial charge < -0.3 is 10.6 Å². The van der Waals surface area contributed by atoms with Crippen molar-refractivity contribution in [1.29, 1.82) is 0 Å². The normalized spacial score (nSPS) is 16.1. The minimum absolute atomic E-state index is 0.120. The van der Waals surface area contributed by atoms with Crippen molar-refractivity contribution in [2.24, 2.45) is 0 Å². The molecule has 4 rings (SSSR count). The Bertz CT molecular complexity index is 1120. The highest BCUT2D eigenvalue weighted by Gasteiger charge is 2.25. The number of hydrogen-bond acceptors (Lipinski definition) is 8. The summed E-state index contributed by atoms with van der Waals surface area (Å²) in [6, 6.07) is 6.01. The molecule has 1 aliphatic heterocycles. The number of aryl methyl sites for hydroxylation is 1. The molecule has 1 aromatic carbocycles. The predicted octanol–water partition coefficient (Wildman–Crippen LogP) is 2.28. The number of fused-ring (bicyclic) bond motifs is 1. The summed E-state index contributed by atoms with van der Waals surface area (Å²) in [5.41, 5.74) is 1.78. The van der Waals surface area contributed by atoms with E-state index in [1.165, 1.54) is 10.6 Å². The van der Waals surface area contributed by atoms with Crippen molar-refractivity contribution < 1.29 is 8.42 Å². The Labute approximate surface area is 175 Å². The van der Waals surface area contributed by atoms with E-state index in [0.717, 1.165) is 29.4 Å². The van der Waals surface area contributed by atoms with Crippen LogP contribution in [0.15, 0.2) is 24.4 Å². The first-order chi connectivity index (χ1) is 14.4. The molecule has 0 unspecified atom stereocenters. The third kappa shape index (κ3) is 4.85. The van der Waals surface area contributed by atoms with Crippen molar-refractivity contribution in [2.75, 3.05) is 30.0 Å². The molecule has 3 heterocycles. The first-order valence-corrected chi connectivity index (χ1v) is 11.9. The molecule has 0 bridgehead atoms. The van der Waals surface area contributed by atoms with Gasteiger partial charge in [-0.05, 0) is 37.5 Å². The minimum atomic E-state index is -3.14. The molecule has 1 saturated heterocycles. The van der Waals surface area contributed by atoms with Gasteiger partial charge in [-0.15, -0.1) is 0 Å². The zero-order valence-electron chi connectivity index (χ0n) is 17.1. The van der Waals surface area contributed by atoms with Gasteiger partial charge in [0.05, 0.1) is 18.0 Å². The van der Waals surface area contributed by atoms with E-state index in [0.29, 0.717) is 43.7 Å². The maximum absolute atomic E-state index is 11.7. The lowest BCUT2D eigenvalue weighted by molar-refractivity contribution is 0.331. The van der Waals surface area contributed by atoms with Gasteiger partial charge in [-0.1, -0.05) is 6.92 Å². The number of hydrogen-bond donors (Lipinski definition) is 3. The Hall–Kier alpha value is -2.79. The van der Waals surface area contributed by atoms with Crippen molar-refractivity contribution in [3.63, 3.8) is 0 Å². The molecule has 0 aliphatic carbocycles. The third-order valence-electron chi connectivity index (χ3n) is 5.11. The molecule has 3 aromatic rings. The Morgan fingerprint density at radius 2 is 1.93 bits per heavy atom. The summed E-state index contributed by atoms with van der Waals surface area (Å²) in [7, 11) is -3.14.